The molecule has 0 spiro atoms. The fourth-order valence-electron chi connectivity index (χ4n) is 4.91. The quantitative estimate of drug-likeness (QED) is 0.830. The van der Waals surface area contributed by atoms with E-state index in [1.807, 2.05) is 6.92 Å². The molecule has 26 heavy (non-hydrogen) atoms. The summed E-state index contributed by atoms with van der Waals surface area (Å²) in [5.41, 5.74) is 1.18. The Labute approximate surface area is 157 Å². The summed E-state index contributed by atoms with van der Waals surface area (Å²) >= 11 is 0. The molecule has 0 unspecified atom stereocenters. The van der Waals surface area contributed by atoms with Crippen molar-refractivity contribution in [1.82, 2.24) is 14.9 Å². The number of nitrogens with zero attached hydrogens (tertiary/aromatic N) is 4. The molecule has 4 rings (SSSR count). The Morgan fingerprint density at radius 3 is 2.38 bits per heavy atom. The highest BCUT2D eigenvalue weighted by Crippen LogP contribution is 2.29. The minimum Gasteiger partial charge on any atom is -0.357 e. The third-order valence-corrected chi connectivity index (χ3v) is 6.44. The SMILES string of the molecule is Cc1nc(CC2CCN(C(=O)C3CCCC3)CC2)cc(N2CCCC2)n1. The van der Waals surface area contributed by atoms with Crippen LogP contribution in [0.3, 0.4) is 0 Å². The number of amides is 1. The largest absolute Gasteiger partial charge is 0.357 e. The minimum absolute atomic E-state index is 0.319. The summed E-state index contributed by atoms with van der Waals surface area (Å²) in [4.78, 5) is 26.5. The van der Waals surface area contributed by atoms with Crippen molar-refractivity contribution in [2.24, 2.45) is 11.8 Å². The number of hydrogen-bond donors (Lipinski definition) is 0. The molecule has 0 N–H and O–H groups in total. The van der Waals surface area contributed by atoms with Gasteiger partial charge in [0.1, 0.15) is 11.6 Å². The van der Waals surface area contributed by atoms with Crippen LogP contribution in [0.25, 0.3) is 0 Å². The molecule has 142 valence electrons. The first-order valence-corrected chi connectivity index (χ1v) is 10.6. The first-order valence-electron chi connectivity index (χ1n) is 10.6. The fraction of sp³-hybridized carbons (Fsp3) is 0.762. The van der Waals surface area contributed by atoms with Crippen LogP contribution in [0, 0.1) is 18.8 Å². The Hall–Kier alpha value is -1.65. The van der Waals surface area contributed by atoms with Gasteiger partial charge in [0.2, 0.25) is 5.91 Å². The van der Waals surface area contributed by atoms with Crippen molar-refractivity contribution in [1.29, 1.82) is 0 Å². The summed E-state index contributed by atoms with van der Waals surface area (Å²) < 4.78 is 0. The highest BCUT2D eigenvalue weighted by molar-refractivity contribution is 5.79. The molecule has 2 saturated heterocycles. The topological polar surface area (TPSA) is 49.3 Å². The maximum absolute atomic E-state index is 12.6. The minimum atomic E-state index is 0.319. The molecule has 0 aromatic carbocycles. The smallest absolute Gasteiger partial charge is 0.225 e. The summed E-state index contributed by atoms with van der Waals surface area (Å²) in [5.74, 6) is 3.38. The van der Waals surface area contributed by atoms with E-state index in [0.29, 0.717) is 17.7 Å². The lowest BCUT2D eigenvalue weighted by Crippen LogP contribution is -2.41. The molecule has 1 aliphatic carbocycles. The summed E-state index contributed by atoms with van der Waals surface area (Å²) in [6.45, 7) is 6.12. The Bertz CT molecular complexity index is 627. The van der Waals surface area contributed by atoms with Crippen LogP contribution < -0.4 is 4.90 Å². The Kier molecular flexibility index (Phi) is 5.41. The zero-order chi connectivity index (χ0) is 17.9. The number of hydrogen-bond acceptors (Lipinski definition) is 4. The van der Waals surface area contributed by atoms with Gasteiger partial charge in [-0.15, -0.1) is 0 Å². The van der Waals surface area contributed by atoms with Crippen molar-refractivity contribution in [3.05, 3.63) is 17.6 Å². The third kappa shape index (κ3) is 4.02. The molecule has 1 aromatic heterocycles. The van der Waals surface area contributed by atoms with E-state index in [0.717, 1.165) is 69.9 Å². The van der Waals surface area contributed by atoms with Gasteiger partial charge in [0.25, 0.3) is 0 Å². The highest BCUT2D eigenvalue weighted by Gasteiger charge is 2.30. The van der Waals surface area contributed by atoms with Gasteiger partial charge in [0.15, 0.2) is 0 Å². The zero-order valence-electron chi connectivity index (χ0n) is 16.1. The van der Waals surface area contributed by atoms with Gasteiger partial charge < -0.3 is 9.80 Å². The number of anilines is 1. The number of piperidine rings is 1. The third-order valence-electron chi connectivity index (χ3n) is 6.44. The number of rotatable bonds is 4. The molecule has 0 radical (unpaired) electrons. The van der Waals surface area contributed by atoms with Crippen LogP contribution in [-0.4, -0.2) is 47.0 Å². The van der Waals surface area contributed by atoms with E-state index in [4.69, 9.17) is 4.98 Å². The molecule has 3 heterocycles. The number of aromatic nitrogens is 2. The van der Waals surface area contributed by atoms with Crippen LogP contribution in [0.4, 0.5) is 5.82 Å². The van der Waals surface area contributed by atoms with E-state index in [1.165, 1.54) is 31.4 Å². The molecular weight excluding hydrogens is 324 g/mol. The van der Waals surface area contributed by atoms with E-state index < -0.39 is 0 Å². The van der Waals surface area contributed by atoms with Crippen molar-refractivity contribution in [3.8, 4) is 0 Å². The number of likely N-dealkylation sites (tertiary alicyclic amines) is 1. The molecular formula is C21H32N4O. The summed E-state index contributed by atoms with van der Waals surface area (Å²) in [5, 5.41) is 0. The van der Waals surface area contributed by atoms with Crippen LogP contribution in [-0.2, 0) is 11.2 Å². The lowest BCUT2D eigenvalue weighted by atomic mass is 9.91. The predicted molar refractivity (Wildman–Crippen MR) is 103 cm³/mol. The van der Waals surface area contributed by atoms with Gasteiger partial charge in [-0.25, -0.2) is 9.97 Å². The molecule has 1 saturated carbocycles. The van der Waals surface area contributed by atoms with Gasteiger partial charge in [0, 0.05) is 43.9 Å². The zero-order valence-corrected chi connectivity index (χ0v) is 16.1. The van der Waals surface area contributed by atoms with Gasteiger partial charge in [-0.2, -0.15) is 0 Å². The number of aryl methyl sites for hydroxylation is 1. The summed E-state index contributed by atoms with van der Waals surface area (Å²) in [7, 11) is 0. The number of carbonyl (C=O) groups excluding carboxylic acids is 1. The molecule has 0 bridgehead atoms. The van der Waals surface area contributed by atoms with Crippen molar-refractivity contribution in [2.75, 3.05) is 31.1 Å². The molecule has 3 fully saturated rings. The number of carbonyl (C=O) groups is 1. The second-order valence-electron chi connectivity index (χ2n) is 8.41. The predicted octanol–water partition coefficient (Wildman–Crippen LogP) is 3.36. The second kappa shape index (κ2) is 7.93. The van der Waals surface area contributed by atoms with Crippen molar-refractivity contribution in [3.63, 3.8) is 0 Å². The first-order chi connectivity index (χ1) is 12.7. The molecule has 5 heteroatoms. The molecule has 2 aliphatic heterocycles. The van der Waals surface area contributed by atoms with Gasteiger partial charge in [-0.3, -0.25) is 4.79 Å². The van der Waals surface area contributed by atoms with Gasteiger partial charge in [-0.05, 0) is 57.8 Å². The van der Waals surface area contributed by atoms with Crippen LogP contribution in [0.15, 0.2) is 6.07 Å². The average molecular weight is 357 g/mol. The molecule has 5 nitrogen and oxygen atoms in total. The standard InChI is InChI=1S/C21H32N4O/c1-16-22-19(15-20(23-16)24-10-4-5-11-24)14-17-8-12-25(13-9-17)21(26)18-6-2-3-7-18/h15,17-18H,2-14H2,1H3. The van der Waals surface area contributed by atoms with Crippen LogP contribution >= 0.6 is 0 Å². The average Bonchev–Trinajstić information content (AvgIpc) is 3.35. The van der Waals surface area contributed by atoms with Crippen LogP contribution in [0.5, 0.6) is 0 Å². The Morgan fingerprint density at radius 2 is 1.69 bits per heavy atom. The normalized spacial score (nSPS) is 22.3. The molecule has 1 amide bonds. The van der Waals surface area contributed by atoms with Gasteiger partial charge in [0.05, 0.1) is 0 Å². The fourth-order valence-corrected chi connectivity index (χ4v) is 4.91. The van der Waals surface area contributed by atoms with Gasteiger partial charge >= 0.3 is 0 Å². The van der Waals surface area contributed by atoms with Crippen molar-refractivity contribution in [2.45, 2.75) is 64.7 Å². The second-order valence-corrected chi connectivity index (χ2v) is 8.41. The highest BCUT2D eigenvalue weighted by atomic mass is 16.2. The van der Waals surface area contributed by atoms with E-state index in [-0.39, 0.29) is 0 Å². The Balaban J connectivity index is 1.33. The van der Waals surface area contributed by atoms with E-state index in [1.54, 1.807) is 0 Å². The van der Waals surface area contributed by atoms with E-state index >= 15 is 0 Å². The first kappa shape index (κ1) is 17.7. The van der Waals surface area contributed by atoms with Crippen molar-refractivity contribution < 1.29 is 4.79 Å². The van der Waals surface area contributed by atoms with Crippen LogP contribution in [0.1, 0.15) is 62.9 Å². The molecule has 3 aliphatic rings. The summed E-state index contributed by atoms with van der Waals surface area (Å²) in [6.07, 6.45) is 10.5. The van der Waals surface area contributed by atoms with E-state index in [2.05, 4.69) is 20.9 Å². The maximum atomic E-state index is 12.6. The van der Waals surface area contributed by atoms with Gasteiger partial charge in [-0.1, -0.05) is 12.8 Å². The lowest BCUT2D eigenvalue weighted by molar-refractivity contribution is -0.136. The van der Waals surface area contributed by atoms with E-state index in [9.17, 15) is 4.79 Å². The summed E-state index contributed by atoms with van der Waals surface area (Å²) in [6, 6.07) is 2.20. The maximum Gasteiger partial charge on any atom is 0.225 e. The van der Waals surface area contributed by atoms with Crippen molar-refractivity contribution >= 4 is 11.7 Å². The monoisotopic (exact) mass is 356 g/mol. The molecule has 1 aromatic rings. The Morgan fingerprint density at radius 1 is 1.00 bits per heavy atom. The lowest BCUT2D eigenvalue weighted by Gasteiger charge is -2.33. The van der Waals surface area contributed by atoms with Crippen LogP contribution in [0.2, 0.25) is 0 Å². The molecule has 0 atom stereocenters.